The van der Waals surface area contributed by atoms with Crippen molar-refractivity contribution in [3.63, 3.8) is 0 Å². The number of benzene rings is 3. The van der Waals surface area contributed by atoms with E-state index in [2.05, 4.69) is 20.7 Å². The maximum absolute atomic E-state index is 14.3. The van der Waals surface area contributed by atoms with E-state index in [9.17, 15) is 14.4 Å². The van der Waals surface area contributed by atoms with Crippen LogP contribution in [-0.2, 0) is 29.4 Å². The Morgan fingerprint density at radius 3 is 2.16 bits per heavy atom. The topological polar surface area (TPSA) is 123 Å². The maximum Gasteiger partial charge on any atom is 0.322 e. The SMILES string of the molecule is CON=C(C(=O)NC1C(=O)N2CC(C(=O)OC(c3ccccc3)c3ccccc3)(c3nnc(C)s3)CS[C@H]12)c1ccccc1. The van der Waals surface area contributed by atoms with Gasteiger partial charge in [0.2, 0.25) is 5.91 Å². The molecule has 4 aromatic rings. The molecule has 0 bridgehead atoms. The number of oxime groups is 1. The fourth-order valence-electron chi connectivity index (χ4n) is 5.33. The zero-order valence-electron chi connectivity index (χ0n) is 24.0. The molecular weight excluding hydrogens is 599 g/mol. The van der Waals surface area contributed by atoms with Crippen LogP contribution in [-0.4, -0.2) is 69.4 Å². The van der Waals surface area contributed by atoms with E-state index in [0.29, 0.717) is 15.6 Å². The second-order valence-electron chi connectivity index (χ2n) is 10.4. The van der Waals surface area contributed by atoms with E-state index < -0.39 is 29.4 Å². The summed E-state index contributed by atoms with van der Waals surface area (Å²) in [7, 11) is 1.36. The Bertz CT molecular complexity index is 1650. The Balaban J connectivity index is 1.25. The summed E-state index contributed by atoms with van der Waals surface area (Å²) in [6.45, 7) is 1.87. The van der Waals surface area contributed by atoms with E-state index >= 15 is 0 Å². The lowest BCUT2D eigenvalue weighted by Crippen LogP contribution is -2.74. The third kappa shape index (κ3) is 5.58. The van der Waals surface area contributed by atoms with E-state index in [1.807, 2.05) is 73.7 Å². The van der Waals surface area contributed by atoms with E-state index in [0.717, 1.165) is 11.1 Å². The van der Waals surface area contributed by atoms with Crippen LogP contribution in [0.15, 0.2) is 96.2 Å². The molecule has 0 spiro atoms. The number of ether oxygens (including phenoxy) is 1. The number of amides is 2. The predicted octanol–water partition coefficient (Wildman–Crippen LogP) is 3.87. The molecule has 44 heavy (non-hydrogen) atoms. The maximum atomic E-state index is 14.3. The molecular formula is C32H29N5O5S2. The molecule has 0 aliphatic carbocycles. The molecule has 12 heteroatoms. The molecule has 10 nitrogen and oxygen atoms in total. The average Bonchev–Trinajstić information content (AvgIpc) is 3.52. The number of esters is 1. The first kappa shape index (κ1) is 29.5. The molecule has 3 atom stereocenters. The molecule has 2 fully saturated rings. The van der Waals surface area contributed by atoms with Crippen molar-refractivity contribution in [3.8, 4) is 0 Å². The van der Waals surface area contributed by atoms with Crippen molar-refractivity contribution in [1.29, 1.82) is 0 Å². The van der Waals surface area contributed by atoms with Crippen molar-refractivity contribution in [2.75, 3.05) is 19.4 Å². The van der Waals surface area contributed by atoms with Gasteiger partial charge in [0.05, 0.1) is 0 Å². The summed E-state index contributed by atoms with van der Waals surface area (Å²) in [4.78, 5) is 47.5. The smallest absolute Gasteiger partial charge is 0.322 e. The van der Waals surface area contributed by atoms with Gasteiger partial charge in [-0.05, 0) is 18.1 Å². The molecule has 2 aliphatic heterocycles. The highest BCUT2D eigenvalue weighted by molar-refractivity contribution is 8.00. The van der Waals surface area contributed by atoms with Gasteiger partial charge in [0.1, 0.15) is 34.0 Å². The van der Waals surface area contributed by atoms with E-state index in [1.54, 1.807) is 29.2 Å². The summed E-state index contributed by atoms with van der Waals surface area (Å²) < 4.78 is 6.32. The summed E-state index contributed by atoms with van der Waals surface area (Å²) in [6, 6.07) is 27.2. The molecule has 2 unspecified atom stereocenters. The van der Waals surface area contributed by atoms with Crippen molar-refractivity contribution in [2.45, 2.75) is 29.9 Å². The molecule has 0 radical (unpaired) electrons. The summed E-state index contributed by atoms with van der Waals surface area (Å²) in [5.74, 6) is -1.03. The van der Waals surface area contributed by atoms with Gasteiger partial charge in [-0.25, -0.2) is 0 Å². The van der Waals surface area contributed by atoms with Crippen LogP contribution in [0.3, 0.4) is 0 Å². The normalized spacial score (nSPS) is 21.3. The third-order valence-electron chi connectivity index (χ3n) is 7.57. The van der Waals surface area contributed by atoms with Crippen molar-refractivity contribution in [2.24, 2.45) is 5.16 Å². The number of thioether (sulfide) groups is 1. The van der Waals surface area contributed by atoms with Crippen molar-refractivity contribution in [3.05, 3.63) is 118 Å². The average molecular weight is 628 g/mol. The van der Waals surface area contributed by atoms with Crippen LogP contribution in [0.25, 0.3) is 0 Å². The van der Waals surface area contributed by atoms with Gasteiger partial charge in [-0.2, -0.15) is 0 Å². The number of hydrogen-bond acceptors (Lipinski definition) is 10. The molecule has 224 valence electrons. The number of aromatic nitrogens is 2. The largest absolute Gasteiger partial charge is 0.452 e. The van der Waals surface area contributed by atoms with Crippen molar-refractivity contribution >= 4 is 46.6 Å². The number of β-lactam (4-membered cyclic amide) rings is 1. The Morgan fingerprint density at radius 2 is 1.59 bits per heavy atom. The van der Waals surface area contributed by atoms with Gasteiger partial charge < -0.3 is 19.8 Å². The number of fused-ring (bicyclic) bond motifs is 1. The van der Waals surface area contributed by atoms with Gasteiger partial charge in [0.15, 0.2) is 11.8 Å². The molecule has 2 amide bonds. The monoisotopic (exact) mass is 627 g/mol. The summed E-state index contributed by atoms with van der Waals surface area (Å²) >= 11 is 2.72. The number of carbonyl (C=O) groups is 3. The van der Waals surface area contributed by atoms with Crippen LogP contribution < -0.4 is 5.32 Å². The Labute approximate surface area is 262 Å². The highest BCUT2D eigenvalue weighted by Crippen LogP contribution is 2.46. The summed E-state index contributed by atoms with van der Waals surface area (Å²) in [5, 5.41) is 16.1. The van der Waals surface area contributed by atoms with Crippen LogP contribution in [0.4, 0.5) is 0 Å². The van der Waals surface area contributed by atoms with Crippen molar-refractivity contribution in [1.82, 2.24) is 20.4 Å². The molecule has 6 rings (SSSR count). The lowest BCUT2D eigenvalue weighted by atomic mass is 9.87. The fourth-order valence-corrected chi connectivity index (χ4v) is 7.82. The first-order chi connectivity index (χ1) is 21.4. The quantitative estimate of drug-likeness (QED) is 0.128. The number of nitrogens with one attached hydrogen (secondary N) is 1. The highest BCUT2D eigenvalue weighted by atomic mass is 32.2. The zero-order valence-corrected chi connectivity index (χ0v) is 25.6. The van der Waals surface area contributed by atoms with Gasteiger partial charge >= 0.3 is 5.97 Å². The van der Waals surface area contributed by atoms with Gasteiger partial charge in [-0.3, -0.25) is 14.4 Å². The molecule has 2 aliphatic rings. The number of carbonyl (C=O) groups excluding carboxylic acids is 3. The summed E-state index contributed by atoms with van der Waals surface area (Å²) in [6.07, 6.45) is -0.658. The number of hydrogen-bond donors (Lipinski definition) is 1. The third-order valence-corrected chi connectivity index (χ3v) is 10.1. The van der Waals surface area contributed by atoms with Gasteiger partial charge in [0, 0.05) is 17.9 Å². The Hall–Kier alpha value is -4.55. The second-order valence-corrected chi connectivity index (χ2v) is 12.7. The second kappa shape index (κ2) is 12.6. The van der Waals surface area contributed by atoms with Crippen LogP contribution in [0, 0.1) is 6.92 Å². The standard InChI is InChI=1S/C32H29N5O5S2/c1-20-34-35-30(44-20)32(31(40)42-26(22-14-8-4-9-15-22)23-16-10-5-11-17-23)18-37-28(39)25(29(37)43-19-32)33-27(38)24(36-41-2)21-12-6-3-7-13-21/h3-17,25-26,29H,18-19H2,1-2H3,(H,33,38)/t25?,29-,32?/m1/s1. The van der Waals surface area contributed by atoms with E-state index in [1.165, 1.54) is 30.2 Å². The minimum atomic E-state index is -1.24. The molecule has 2 saturated heterocycles. The Kier molecular flexibility index (Phi) is 8.45. The van der Waals surface area contributed by atoms with Crippen molar-refractivity contribution < 1.29 is 24.0 Å². The predicted molar refractivity (Wildman–Crippen MR) is 167 cm³/mol. The first-order valence-electron chi connectivity index (χ1n) is 13.9. The first-order valence-corrected chi connectivity index (χ1v) is 15.8. The minimum absolute atomic E-state index is 0.0529. The number of aryl methyl sites for hydroxylation is 1. The lowest BCUT2D eigenvalue weighted by Gasteiger charge is -2.53. The molecule has 3 heterocycles. The molecule has 1 aromatic heterocycles. The zero-order chi connectivity index (χ0) is 30.7. The van der Waals surface area contributed by atoms with Crippen LogP contribution >= 0.6 is 23.1 Å². The fraction of sp³-hybridized carbons (Fsp3) is 0.250. The molecule has 1 N–H and O–H groups in total. The summed E-state index contributed by atoms with van der Waals surface area (Å²) in [5.41, 5.74) is 1.03. The van der Waals surface area contributed by atoms with E-state index in [4.69, 9.17) is 9.57 Å². The lowest BCUT2D eigenvalue weighted by molar-refractivity contribution is -0.160. The van der Waals surface area contributed by atoms with Crippen LogP contribution in [0.2, 0.25) is 0 Å². The van der Waals surface area contributed by atoms with Gasteiger partial charge in [-0.1, -0.05) is 96.2 Å². The molecule has 0 saturated carbocycles. The number of rotatable bonds is 9. The minimum Gasteiger partial charge on any atom is -0.452 e. The van der Waals surface area contributed by atoms with E-state index in [-0.39, 0.29) is 29.3 Å². The Morgan fingerprint density at radius 1 is 0.977 bits per heavy atom. The van der Waals surface area contributed by atoms with Gasteiger partial charge in [0.25, 0.3) is 5.91 Å². The highest BCUT2D eigenvalue weighted by Gasteiger charge is 2.60. The van der Waals surface area contributed by atoms with Gasteiger partial charge in [-0.15, -0.1) is 33.3 Å². The van der Waals surface area contributed by atoms with Crippen LogP contribution in [0.1, 0.15) is 32.8 Å². The van der Waals surface area contributed by atoms with Crippen LogP contribution in [0.5, 0.6) is 0 Å². The number of nitrogens with zero attached hydrogens (tertiary/aromatic N) is 4. The molecule has 3 aromatic carbocycles.